The maximum Gasteiger partial charge on any atom is 0.433 e. The van der Waals surface area contributed by atoms with Crippen molar-refractivity contribution in [2.24, 2.45) is 7.05 Å². The van der Waals surface area contributed by atoms with Gasteiger partial charge in [0.2, 0.25) is 0 Å². The van der Waals surface area contributed by atoms with Crippen LogP contribution in [0, 0.1) is 5.82 Å². The number of halogens is 4. The van der Waals surface area contributed by atoms with Crippen LogP contribution in [0.1, 0.15) is 16.2 Å². The first-order chi connectivity index (χ1) is 14.6. The zero-order valence-electron chi connectivity index (χ0n) is 16.2. The second-order valence-corrected chi connectivity index (χ2v) is 6.66. The van der Waals surface area contributed by atoms with Gasteiger partial charge < -0.3 is 4.90 Å². The highest BCUT2D eigenvalue weighted by atomic mass is 19.4. The third kappa shape index (κ3) is 3.81. The summed E-state index contributed by atoms with van der Waals surface area (Å²) in [6, 6.07) is 7.60. The zero-order chi connectivity index (χ0) is 22.3. The standard InChI is InChI=1S/C20H14F4N6O/c1-29(19(31)16-7-8-26-30(16)2)15-5-3-11(9-12(15)21)18-25-10-14-13(28-18)4-6-17(27-14)20(22,23)24/h3-10H,1-2H3. The van der Waals surface area contributed by atoms with E-state index in [2.05, 4.69) is 20.1 Å². The van der Waals surface area contributed by atoms with Crippen LogP contribution < -0.4 is 4.90 Å². The number of aromatic nitrogens is 5. The van der Waals surface area contributed by atoms with Crippen molar-refractivity contribution in [1.29, 1.82) is 0 Å². The maximum absolute atomic E-state index is 14.8. The third-order valence-electron chi connectivity index (χ3n) is 4.64. The summed E-state index contributed by atoms with van der Waals surface area (Å²) >= 11 is 0. The zero-order valence-corrected chi connectivity index (χ0v) is 16.2. The van der Waals surface area contributed by atoms with E-state index in [1.54, 1.807) is 7.05 Å². The number of fused-ring (bicyclic) bond motifs is 1. The highest BCUT2D eigenvalue weighted by Gasteiger charge is 2.32. The minimum Gasteiger partial charge on any atom is -0.307 e. The molecule has 0 spiro atoms. The number of carbonyl (C=O) groups excluding carboxylic acids is 1. The van der Waals surface area contributed by atoms with Crippen molar-refractivity contribution in [3.8, 4) is 11.4 Å². The summed E-state index contributed by atoms with van der Waals surface area (Å²) in [5, 5.41) is 3.93. The summed E-state index contributed by atoms with van der Waals surface area (Å²) in [7, 11) is 3.04. The molecule has 158 valence electrons. The smallest absolute Gasteiger partial charge is 0.307 e. The van der Waals surface area contributed by atoms with E-state index in [-0.39, 0.29) is 28.2 Å². The van der Waals surface area contributed by atoms with Crippen LogP contribution >= 0.6 is 0 Å². The van der Waals surface area contributed by atoms with E-state index in [4.69, 9.17) is 0 Å². The number of nitrogens with zero attached hydrogens (tertiary/aromatic N) is 6. The Morgan fingerprint density at radius 3 is 2.48 bits per heavy atom. The van der Waals surface area contributed by atoms with Crippen LogP contribution in [0.2, 0.25) is 0 Å². The minimum absolute atomic E-state index is 0.0304. The van der Waals surface area contributed by atoms with E-state index in [1.165, 1.54) is 42.2 Å². The predicted octanol–water partition coefficient (Wildman–Crippen LogP) is 3.86. The summed E-state index contributed by atoms with van der Waals surface area (Å²) in [4.78, 5) is 25.4. The van der Waals surface area contributed by atoms with E-state index in [0.717, 1.165) is 23.2 Å². The van der Waals surface area contributed by atoms with Crippen LogP contribution in [0.25, 0.3) is 22.4 Å². The Morgan fingerprint density at radius 2 is 1.84 bits per heavy atom. The number of hydrogen-bond donors (Lipinski definition) is 0. The Bertz CT molecular complexity index is 1300. The monoisotopic (exact) mass is 430 g/mol. The van der Waals surface area contributed by atoms with Crippen molar-refractivity contribution in [3.63, 3.8) is 0 Å². The summed E-state index contributed by atoms with van der Waals surface area (Å²) in [5.41, 5.74) is -0.276. The molecular weight excluding hydrogens is 416 g/mol. The average Bonchev–Trinajstić information content (AvgIpc) is 3.17. The van der Waals surface area contributed by atoms with Crippen LogP contribution in [0.3, 0.4) is 0 Å². The highest BCUT2D eigenvalue weighted by Crippen LogP contribution is 2.29. The number of alkyl halides is 3. The van der Waals surface area contributed by atoms with Gasteiger partial charge in [-0.3, -0.25) is 9.48 Å². The molecule has 0 bridgehead atoms. The Kier molecular flexibility index (Phi) is 4.88. The molecule has 0 N–H and O–H groups in total. The van der Waals surface area contributed by atoms with Crippen LogP contribution in [-0.2, 0) is 13.2 Å². The van der Waals surface area contributed by atoms with Gasteiger partial charge in [0.15, 0.2) is 5.82 Å². The lowest BCUT2D eigenvalue weighted by Crippen LogP contribution is -2.29. The molecule has 31 heavy (non-hydrogen) atoms. The van der Waals surface area contributed by atoms with E-state index in [0.29, 0.717) is 5.56 Å². The van der Waals surface area contributed by atoms with Crippen molar-refractivity contribution >= 4 is 22.6 Å². The molecule has 0 saturated carbocycles. The molecule has 4 aromatic rings. The average molecular weight is 430 g/mol. The van der Waals surface area contributed by atoms with E-state index >= 15 is 0 Å². The molecule has 7 nitrogen and oxygen atoms in total. The normalized spacial score (nSPS) is 11.7. The van der Waals surface area contributed by atoms with Gasteiger partial charge in [-0.1, -0.05) is 0 Å². The topological polar surface area (TPSA) is 76.8 Å². The van der Waals surface area contributed by atoms with Gasteiger partial charge in [-0.25, -0.2) is 19.3 Å². The molecule has 0 aliphatic rings. The number of anilines is 1. The molecular formula is C20H14F4N6O. The van der Waals surface area contributed by atoms with E-state index in [1.807, 2.05) is 0 Å². The third-order valence-corrected chi connectivity index (χ3v) is 4.64. The van der Waals surface area contributed by atoms with Gasteiger partial charge in [-0.2, -0.15) is 18.3 Å². The highest BCUT2D eigenvalue weighted by molar-refractivity contribution is 6.04. The van der Waals surface area contributed by atoms with E-state index in [9.17, 15) is 22.4 Å². The summed E-state index contributed by atoms with van der Waals surface area (Å²) in [5.74, 6) is -1.02. The molecule has 4 rings (SSSR count). The predicted molar refractivity (Wildman–Crippen MR) is 104 cm³/mol. The van der Waals surface area contributed by atoms with Gasteiger partial charge in [-0.15, -0.1) is 0 Å². The van der Waals surface area contributed by atoms with Crippen LogP contribution in [-0.4, -0.2) is 37.7 Å². The van der Waals surface area contributed by atoms with Crippen LogP contribution in [0.5, 0.6) is 0 Å². The fraction of sp³-hybridized carbons (Fsp3) is 0.150. The van der Waals surface area contributed by atoms with Crippen molar-refractivity contribution < 1.29 is 22.4 Å². The molecule has 0 atom stereocenters. The minimum atomic E-state index is -4.58. The number of carbonyl (C=O) groups is 1. The maximum atomic E-state index is 14.8. The second-order valence-electron chi connectivity index (χ2n) is 6.66. The molecule has 0 aliphatic heterocycles. The molecule has 3 heterocycles. The molecule has 0 aliphatic carbocycles. The lowest BCUT2D eigenvalue weighted by atomic mass is 10.1. The first-order valence-corrected chi connectivity index (χ1v) is 8.92. The van der Waals surface area contributed by atoms with Crippen molar-refractivity contribution in [2.75, 3.05) is 11.9 Å². The first kappa shape index (κ1) is 20.4. The number of amides is 1. The van der Waals surface area contributed by atoms with Gasteiger partial charge in [0.05, 0.1) is 17.4 Å². The molecule has 1 amide bonds. The van der Waals surface area contributed by atoms with Gasteiger partial charge in [0, 0.05) is 25.9 Å². The molecule has 1 aromatic carbocycles. The Morgan fingerprint density at radius 1 is 1.06 bits per heavy atom. The van der Waals surface area contributed by atoms with Gasteiger partial charge in [0.25, 0.3) is 5.91 Å². The summed E-state index contributed by atoms with van der Waals surface area (Å²) in [6.07, 6.45) is -1.97. The van der Waals surface area contributed by atoms with Crippen molar-refractivity contribution in [1.82, 2.24) is 24.7 Å². The molecule has 3 aromatic heterocycles. The van der Waals surface area contributed by atoms with Crippen LogP contribution in [0.15, 0.2) is 48.8 Å². The first-order valence-electron chi connectivity index (χ1n) is 8.92. The number of aryl methyl sites for hydroxylation is 1. The number of benzene rings is 1. The molecule has 0 saturated heterocycles. The number of hydrogen-bond acceptors (Lipinski definition) is 5. The van der Waals surface area contributed by atoms with Crippen molar-refractivity contribution in [2.45, 2.75) is 6.18 Å². The number of rotatable bonds is 3. The Labute approximate surface area is 173 Å². The Hall–Kier alpha value is -3.89. The second kappa shape index (κ2) is 7.42. The van der Waals surface area contributed by atoms with E-state index < -0.39 is 23.6 Å². The molecule has 0 radical (unpaired) electrons. The summed E-state index contributed by atoms with van der Waals surface area (Å²) in [6.45, 7) is 0. The van der Waals surface area contributed by atoms with Gasteiger partial charge in [-0.05, 0) is 36.4 Å². The lowest BCUT2D eigenvalue weighted by Gasteiger charge is -2.18. The molecule has 11 heteroatoms. The van der Waals surface area contributed by atoms with Gasteiger partial charge in [0.1, 0.15) is 22.7 Å². The number of pyridine rings is 1. The quantitative estimate of drug-likeness (QED) is 0.462. The SMILES string of the molecule is CN(C(=O)c1ccnn1C)c1ccc(-c2ncc3nc(C(F)(F)F)ccc3n2)cc1F. The van der Waals surface area contributed by atoms with Gasteiger partial charge >= 0.3 is 6.18 Å². The van der Waals surface area contributed by atoms with Crippen LogP contribution in [0.4, 0.5) is 23.2 Å². The lowest BCUT2D eigenvalue weighted by molar-refractivity contribution is -0.140. The fourth-order valence-electron chi connectivity index (χ4n) is 3.00. The summed E-state index contributed by atoms with van der Waals surface area (Å²) < 4.78 is 54.6. The fourth-order valence-corrected chi connectivity index (χ4v) is 3.00. The Balaban J connectivity index is 1.65. The molecule has 0 unspecified atom stereocenters. The van der Waals surface area contributed by atoms with Crippen molar-refractivity contribution in [3.05, 3.63) is 66.0 Å². The largest absolute Gasteiger partial charge is 0.433 e. The molecule has 0 fully saturated rings.